The van der Waals surface area contributed by atoms with Gasteiger partial charge in [0.2, 0.25) is 0 Å². The molecule has 3 nitrogen and oxygen atoms in total. The first-order chi connectivity index (χ1) is 8.71. The van der Waals surface area contributed by atoms with Gasteiger partial charge in [-0.25, -0.2) is 0 Å². The first-order valence-corrected chi connectivity index (χ1v) is 6.61. The summed E-state index contributed by atoms with van der Waals surface area (Å²) in [7, 11) is 1.42. The summed E-state index contributed by atoms with van der Waals surface area (Å²) < 4.78 is 4.71. The number of carbonyl (C=O) groups is 1. The summed E-state index contributed by atoms with van der Waals surface area (Å²) in [5, 5.41) is 0. The van der Waals surface area contributed by atoms with Crippen molar-refractivity contribution in [3.63, 3.8) is 0 Å². The van der Waals surface area contributed by atoms with Crippen LogP contribution >= 0.6 is 0 Å². The van der Waals surface area contributed by atoms with Gasteiger partial charge in [0.05, 0.1) is 13.0 Å². The smallest absolute Gasteiger partial charge is 0.316 e. The largest absolute Gasteiger partial charge is 0.468 e. The fourth-order valence-corrected chi connectivity index (χ4v) is 1.95. The van der Waals surface area contributed by atoms with Crippen molar-refractivity contribution < 1.29 is 9.53 Å². The van der Waals surface area contributed by atoms with Crippen LogP contribution in [0.2, 0.25) is 0 Å². The first-order valence-electron chi connectivity index (χ1n) is 6.61. The van der Waals surface area contributed by atoms with E-state index in [-0.39, 0.29) is 11.9 Å². The minimum atomic E-state index is -0.238. The van der Waals surface area contributed by atoms with Gasteiger partial charge in [-0.2, -0.15) is 0 Å². The second kappa shape index (κ2) is 7.75. The molecule has 0 unspecified atom stereocenters. The lowest BCUT2D eigenvalue weighted by Crippen LogP contribution is -2.20. The van der Waals surface area contributed by atoms with Crippen molar-refractivity contribution in [3.05, 3.63) is 36.1 Å². The molecule has 0 aromatic rings. The number of allylic oxidation sites excluding steroid dienone is 3. The van der Waals surface area contributed by atoms with Crippen LogP contribution in [0.25, 0.3) is 0 Å². The molecule has 0 aromatic heterocycles. The summed E-state index contributed by atoms with van der Waals surface area (Å²) in [4.78, 5) is 13.7. The molecule has 0 fully saturated rings. The van der Waals surface area contributed by atoms with Crippen LogP contribution < -0.4 is 0 Å². The Morgan fingerprint density at radius 3 is 2.28 bits per heavy atom. The van der Waals surface area contributed by atoms with E-state index in [2.05, 4.69) is 24.9 Å². The van der Waals surface area contributed by atoms with E-state index < -0.39 is 0 Å². The van der Waals surface area contributed by atoms with Crippen molar-refractivity contribution in [2.24, 2.45) is 5.92 Å². The number of esters is 1. The molecule has 0 heterocycles. The van der Waals surface area contributed by atoms with Gasteiger partial charge in [0, 0.05) is 19.3 Å². The predicted molar refractivity (Wildman–Crippen MR) is 74.0 cm³/mol. The molecular weight excluding hydrogens is 226 g/mol. The highest BCUT2D eigenvalue weighted by Crippen LogP contribution is 2.16. The Labute approximate surface area is 110 Å². The Hall–Kier alpha value is -1.51. The molecule has 18 heavy (non-hydrogen) atoms. The highest BCUT2D eigenvalue weighted by molar-refractivity contribution is 5.77. The van der Waals surface area contributed by atoms with Gasteiger partial charge in [-0.05, 0) is 18.4 Å². The summed E-state index contributed by atoms with van der Waals surface area (Å²) in [6, 6.07) is 0. The molecule has 0 saturated carbocycles. The zero-order valence-electron chi connectivity index (χ0n) is 11.6. The molecule has 0 atom stereocenters. The van der Waals surface area contributed by atoms with Gasteiger partial charge in [0.1, 0.15) is 0 Å². The standard InChI is InChI=1S/C15H23NO2/c1-4-10-16(11-5-2)12-13-6-8-14(9-7-13)15(17)18-3/h6-9,12,14H,4-5,10-11H2,1-3H3. The van der Waals surface area contributed by atoms with E-state index >= 15 is 0 Å². The molecule has 0 radical (unpaired) electrons. The Kier molecular flexibility index (Phi) is 6.26. The predicted octanol–water partition coefficient (Wildman–Crippen LogP) is 2.91. The van der Waals surface area contributed by atoms with Gasteiger partial charge in [-0.1, -0.05) is 38.2 Å². The van der Waals surface area contributed by atoms with E-state index in [1.54, 1.807) is 0 Å². The second-order valence-corrected chi connectivity index (χ2v) is 4.43. The normalized spacial score (nSPS) is 17.7. The zero-order chi connectivity index (χ0) is 13.4. The summed E-state index contributed by atoms with van der Waals surface area (Å²) in [5.74, 6) is -0.446. The molecule has 0 amide bonds. The number of rotatable bonds is 6. The van der Waals surface area contributed by atoms with Gasteiger partial charge in [0.25, 0.3) is 0 Å². The van der Waals surface area contributed by atoms with Gasteiger partial charge >= 0.3 is 5.97 Å². The lowest BCUT2D eigenvalue weighted by atomic mass is 10.0. The van der Waals surface area contributed by atoms with Crippen LogP contribution in [0.5, 0.6) is 0 Å². The molecule has 1 rings (SSSR count). The second-order valence-electron chi connectivity index (χ2n) is 4.43. The maximum absolute atomic E-state index is 11.3. The zero-order valence-corrected chi connectivity index (χ0v) is 11.6. The molecule has 0 N–H and O–H groups in total. The monoisotopic (exact) mass is 249 g/mol. The van der Waals surface area contributed by atoms with E-state index in [0.29, 0.717) is 0 Å². The Morgan fingerprint density at radius 2 is 1.83 bits per heavy atom. The SMILES string of the molecule is CCCN(C=C1C=CC(C(=O)OC)C=C1)CCC. The maximum Gasteiger partial charge on any atom is 0.316 e. The molecule has 1 aliphatic carbocycles. The number of methoxy groups -OCH3 is 1. The fraction of sp³-hybridized carbons (Fsp3) is 0.533. The third-order valence-corrected chi connectivity index (χ3v) is 2.82. The molecule has 0 bridgehead atoms. The Balaban J connectivity index is 2.64. The van der Waals surface area contributed by atoms with Crippen molar-refractivity contribution in [2.75, 3.05) is 20.2 Å². The number of nitrogens with zero attached hydrogens (tertiary/aromatic N) is 1. The molecule has 0 spiro atoms. The summed E-state index contributed by atoms with van der Waals surface area (Å²) in [5.41, 5.74) is 1.14. The number of hydrogen-bond donors (Lipinski definition) is 0. The van der Waals surface area contributed by atoms with Crippen LogP contribution in [-0.2, 0) is 9.53 Å². The molecule has 0 saturated heterocycles. The third kappa shape index (κ3) is 4.40. The average molecular weight is 249 g/mol. The third-order valence-electron chi connectivity index (χ3n) is 2.82. The molecular formula is C15H23NO2. The van der Waals surface area contributed by atoms with Crippen molar-refractivity contribution in [1.29, 1.82) is 0 Å². The van der Waals surface area contributed by atoms with Crippen LogP contribution in [0.15, 0.2) is 36.1 Å². The van der Waals surface area contributed by atoms with Crippen LogP contribution in [-0.4, -0.2) is 31.1 Å². The van der Waals surface area contributed by atoms with Gasteiger partial charge < -0.3 is 9.64 Å². The molecule has 0 aromatic carbocycles. The maximum atomic E-state index is 11.3. The molecule has 100 valence electrons. The topological polar surface area (TPSA) is 29.5 Å². The quantitative estimate of drug-likeness (QED) is 0.678. The summed E-state index contributed by atoms with van der Waals surface area (Å²) in [6.45, 7) is 6.50. The number of carbonyl (C=O) groups excluding carboxylic acids is 1. The molecule has 0 aliphatic heterocycles. The lowest BCUT2D eigenvalue weighted by Gasteiger charge is -2.20. The minimum Gasteiger partial charge on any atom is -0.468 e. The van der Waals surface area contributed by atoms with Crippen LogP contribution in [0.4, 0.5) is 0 Å². The first kappa shape index (κ1) is 14.6. The van der Waals surface area contributed by atoms with E-state index in [0.717, 1.165) is 31.5 Å². The summed E-state index contributed by atoms with van der Waals surface area (Å²) >= 11 is 0. The van der Waals surface area contributed by atoms with E-state index in [1.165, 1.54) is 7.11 Å². The van der Waals surface area contributed by atoms with Crippen LogP contribution in [0, 0.1) is 5.92 Å². The molecule has 3 heteroatoms. The van der Waals surface area contributed by atoms with E-state index in [1.807, 2.05) is 24.3 Å². The van der Waals surface area contributed by atoms with Crippen molar-refractivity contribution >= 4 is 5.97 Å². The van der Waals surface area contributed by atoms with Gasteiger partial charge in [-0.15, -0.1) is 0 Å². The molecule has 1 aliphatic rings. The lowest BCUT2D eigenvalue weighted by molar-refractivity contribution is -0.142. The van der Waals surface area contributed by atoms with Crippen LogP contribution in [0.1, 0.15) is 26.7 Å². The van der Waals surface area contributed by atoms with Gasteiger partial charge in [0.15, 0.2) is 0 Å². The van der Waals surface area contributed by atoms with Crippen LogP contribution in [0.3, 0.4) is 0 Å². The highest BCUT2D eigenvalue weighted by atomic mass is 16.5. The highest BCUT2D eigenvalue weighted by Gasteiger charge is 2.14. The van der Waals surface area contributed by atoms with Gasteiger partial charge in [-0.3, -0.25) is 4.79 Å². The minimum absolute atomic E-state index is 0.208. The van der Waals surface area contributed by atoms with Crippen molar-refractivity contribution in [1.82, 2.24) is 4.90 Å². The average Bonchev–Trinajstić information content (AvgIpc) is 2.39. The Bertz CT molecular complexity index is 334. The summed E-state index contributed by atoms with van der Waals surface area (Å²) in [6.07, 6.45) is 12.2. The number of ether oxygens (including phenoxy) is 1. The van der Waals surface area contributed by atoms with Crippen molar-refractivity contribution in [2.45, 2.75) is 26.7 Å². The van der Waals surface area contributed by atoms with E-state index in [4.69, 9.17) is 4.74 Å². The number of hydrogen-bond acceptors (Lipinski definition) is 3. The van der Waals surface area contributed by atoms with E-state index in [9.17, 15) is 4.79 Å². The Morgan fingerprint density at radius 1 is 1.28 bits per heavy atom. The van der Waals surface area contributed by atoms with Crippen molar-refractivity contribution in [3.8, 4) is 0 Å². The fourth-order valence-electron chi connectivity index (χ4n) is 1.95.